The van der Waals surface area contributed by atoms with Gasteiger partial charge in [-0.2, -0.15) is 0 Å². The highest BCUT2D eigenvalue weighted by atomic mass is 16.7. The summed E-state index contributed by atoms with van der Waals surface area (Å²) in [5, 5.41) is 0.956. The molecule has 0 spiro atoms. The maximum absolute atomic E-state index is 12.1. The molecule has 0 saturated carbocycles. The monoisotopic (exact) mass is 464 g/mol. The van der Waals surface area contributed by atoms with Gasteiger partial charge in [0.25, 0.3) is 0 Å². The van der Waals surface area contributed by atoms with E-state index in [0.717, 1.165) is 38.7 Å². The quantitative estimate of drug-likeness (QED) is 0.361. The lowest BCUT2D eigenvalue weighted by Crippen LogP contribution is -2.41. The molecule has 0 radical (unpaired) electrons. The number of aryl methyl sites for hydroxylation is 2. The minimum atomic E-state index is -0.542. The molecule has 1 aliphatic heterocycles. The maximum atomic E-state index is 12.1. The number of furan rings is 1. The molecule has 1 fully saturated rings. The topological polar surface area (TPSA) is 67.1 Å². The molecule has 0 N–H and O–H groups in total. The lowest BCUT2D eigenvalue weighted by Gasteiger charge is -2.32. The fraction of sp³-hybridized carbons (Fsp3) is 0.444. The van der Waals surface area contributed by atoms with E-state index in [1.165, 1.54) is 0 Å². The van der Waals surface area contributed by atoms with Crippen LogP contribution in [-0.4, -0.2) is 30.9 Å². The van der Waals surface area contributed by atoms with E-state index in [-0.39, 0.29) is 12.4 Å². The number of hydrogen-bond donors (Lipinski definition) is 0. The van der Waals surface area contributed by atoms with Crippen molar-refractivity contribution in [3.63, 3.8) is 0 Å². The van der Waals surface area contributed by atoms with Crippen molar-refractivity contribution >= 4 is 29.5 Å². The highest BCUT2D eigenvalue weighted by molar-refractivity contribution is 6.64. The Morgan fingerprint density at radius 1 is 1.00 bits per heavy atom. The Morgan fingerprint density at radius 2 is 1.68 bits per heavy atom. The van der Waals surface area contributed by atoms with E-state index in [9.17, 15) is 4.79 Å². The number of esters is 1. The molecule has 1 aromatic heterocycles. The zero-order valence-corrected chi connectivity index (χ0v) is 21.1. The van der Waals surface area contributed by atoms with Crippen molar-refractivity contribution in [3.05, 3.63) is 58.8 Å². The summed E-state index contributed by atoms with van der Waals surface area (Å²) in [7, 11) is -0.542. The van der Waals surface area contributed by atoms with E-state index in [1.54, 1.807) is 13.2 Å². The Morgan fingerprint density at radius 3 is 2.35 bits per heavy atom. The number of carbonyl (C=O) groups excluding carboxylic acids is 1. The summed E-state index contributed by atoms with van der Waals surface area (Å²) in [6, 6.07) is 9.96. The zero-order valence-electron chi connectivity index (χ0n) is 21.1. The molecule has 0 amide bonds. The third-order valence-electron chi connectivity index (χ3n) is 6.86. The lowest BCUT2D eigenvalue weighted by atomic mass is 9.77. The molecule has 0 unspecified atom stereocenters. The van der Waals surface area contributed by atoms with Crippen LogP contribution in [0.3, 0.4) is 0 Å². The fourth-order valence-electron chi connectivity index (χ4n) is 4.05. The van der Waals surface area contributed by atoms with Crippen LogP contribution in [0.5, 0.6) is 5.75 Å². The van der Waals surface area contributed by atoms with Crippen molar-refractivity contribution in [2.45, 2.75) is 72.7 Å². The Hall–Kier alpha value is -2.77. The number of ether oxygens (including phenoxy) is 2. The Balaban J connectivity index is 1.62. The molecule has 4 rings (SSSR count). The van der Waals surface area contributed by atoms with Crippen LogP contribution in [0.2, 0.25) is 0 Å². The number of hydrogen-bond acceptors (Lipinski definition) is 6. The molecular formula is C27H33BO6. The van der Waals surface area contributed by atoms with E-state index in [4.69, 9.17) is 23.2 Å². The first kappa shape index (κ1) is 24.4. The number of fused-ring (bicyclic) bond motifs is 1. The third-order valence-corrected chi connectivity index (χ3v) is 6.86. The SMILES string of the molecule is CCOC(=O)Cc1cc(C)c(C)cc1OCc1cc(B2OC(C)(C)C(C)(C)O2)c2occc2c1. The van der Waals surface area contributed by atoms with Crippen molar-refractivity contribution in [2.75, 3.05) is 6.61 Å². The molecule has 1 saturated heterocycles. The molecule has 180 valence electrons. The smallest absolute Gasteiger partial charge is 0.489 e. The van der Waals surface area contributed by atoms with E-state index in [1.807, 2.05) is 71.9 Å². The molecule has 0 aliphatic carbocycles. The average Bonchev–Trinajstić information content (AvgIpc) is 3.30. The van der Waals surface area contributed by atoms with Crippen molar-refractivity contribution in [1.29, 1.82) is 0 Å². The van der Waals surface area contributed by atoms with Crippen molar-refractivity contribution in [3.8, 4) is 5.75 Å². The lowest BCUT2D eigenvalue weighted by molar-refractivity contribution is -0.142. The molecule has 1 aliphatic rings. The first-order valence-corrected chi connectivity index (χ1v) is 11.7. The molecule has 6 nitrogen and oxygen atoms in total. The highest BCUT2D eigenvalue weighted by Gasteiger charge is 2.52. The third kappa shape index (κ3) is 4.72. The first-order chi connectivity index (χ1) is 16.0. The van der Waals surface area contributed by atoms with Gasteiger partial charge >= 0.3 is 13.1 Å². The number of rotatable bonds is 7. The minimum Gasteiger partial charge on any atom is -0.489 e. The Kier molecular flexibility index (Phi) is 6.53. The van der Waals surface area contributed by atoms with Crippen LogP contribution in [0.4, 0.5) is 0 Å². The van der Waals surface area contributed by atoms with Crippen LogP contribution in [0.25, 0.3) is 11.0 Å². The van der Waals surface area contributed by atoms with Gasteiger partial charge in [0.05, 0.1) is 30.5 Å². The Labute approximate surface area is 201 Å². The predicted octanol–water partition coefficient (Wildman–Crippen LogP) is 5.03. The van der Waals surface area contributed by atoms with Crippen LogP contribution in [-0.2, 0) is 31.9 Å². The van der Waals surface area contributed by atoms with E-state index in [2.05, 4.69) is 0 Å². The molecule has 0 atom stereocenters. The fourth-order valence-corrected chi connectivity index (χ4v) is 4.05. The summed E-state index contributed by atoms with van der Waals surface area (Å²) in [6.07, 6.45) is 1.84. The molecular weight excluding hydrogens is 431 g/mol. The van der Waals surface area contributed by atoms with E-state index < -0.39 is 18.3 Å². The van der Waals surface area contributed by atoms with Crippen LogP contribution >= 0.6 is 0 Å². The molecule has 7 heteroatoms. The molecule has 34 heavy (non-hydrogen) atoms. The van der Waals surface area contributed by atoms with Crippen molar-refractivity contribution in [1.82, 2.24) is 0 Å². The van der Waals surface area contributed by atoms with Gasteiger partial charge in [0.2, 0.25) is 0 Å². The highest BCUT2D eigenvalue weighted by Crippen LogP contribution is 2.37. The van der Waals surface area contributed by atoms with Crippen LogP contribution in [0.15, 0.2) is 41.0 Å². The number of carbonyl (C=O) groups is 1. The number of benzene rings is 2. The first-order valence-electron chi connectivity index (χ1n) is 11.7. The average molecular weight is 464 g/mol. The maximum Gasteiger partial charge on any atom is 0.498 e. The van der Waals surface area contributed by atoms with Crippen LogP contribution in [0.1, 0.15) is 56.9 Å². The molecule has 2 aromatic carbocycles. The van der Waals surface area contributed by atoms with Crippen LogP contribution < -0.4 is 10.2 Å². The van der Waals surface area contributed by atoms with Gasteiger partial charge < -0.3 is 23.2 Å². The molecule has 0 bridgehead atoms. The summed E-state index contributed by atoms with van der Waals surface area (Å²) in [5.41, 5.74) is 4.66. The summed E-state index contributed by atoms with van der Waals surface area (Å²) >= 11 is 0. The standard InChI is InChI=1S/C27H33BO6/c1-8-30-24(29)15-21-11-17(2)18(3)12-23(21)32-16-19-13-20-9-10-31-25(20)22(14-19)28-33-26(4,5)27(6,7)34-28/h9-14H,8,15-16H2,1-7H3. The van der Waals surface area contributed by atoms with Gasteiger partial charge in [-0.15, -0.1) is 0 Å². The van der Waals surface area contributed by atoms with Gasteiger partial charge in [-0.05, 0) is 83.4 Å². The second-order valence-electron chi connectivity index (χ2n) is 9.93. The minimum absolute atomic E-state index is 0.171. The van der Waals surface area contributed by atoms with E-state index in [0.29, 0.717) is 19.0 Å². The normalized spacial score (nSPS) is 16.7. The van der Waals surface area contributed by atoms with Gasteiger partial charge in [-0.1, -0.05) is 12.1 Å². The van der Waals surface area contributed by atoms with Crippen molar-refractivity contribution < 1.29 is 28.0 Å². The van der Waals surface area contributed by atoms with Gasteiger partial charge in [-0.25, -0.2) is 0 Å². The predicted molar refractivity (Wildman–Crippen MR) is 133 cm³/mol. The van der Waals surface area contributed by atoms with Gasteiger partial charge in [0.15, 0.2) is 0 Å². The van der Waals surface area contributed by atoms with Crippen molar-refractivity contribution in [2.24, 2.45) is 0 Å². The summed E-state index contributed by atoms with van der Waals surface area (Å²) in [5.74, 6) is 0.416. The summed E-state index contributed by atoms with van der Waals surface area (Å²) in [4.78, 5) is 12.1. The summed E-state index contributed by atoms with van der Waals surface area (Å²) in [6.45, 7) is 14.7. The van der Waals surface area contributed by atoms with Crippen LogP contribution in [0, 0.1) is 13.8 Å². The van der Waals surface area contributed by atoms with E-state index >= 15 is 0 Å². The molecule has 2 heterocycles. The Bertz CT molecular complexity index is 1190. The zero-order chi connectivity index (χ0) is 24.7. The van der Waals surface area contributed by atoms with Gasteiger partial charge in [0, 0.05) is 16.4 Å². The van der Waals surface area contributed by atoms with Gasteiger partial charge in [0.1, 0.15) is 17.9 Å². The second kappa shape index (κ2) is 9.12. The second-order valence-corrected chi connectivity index (χ2v) is 9.93. The molecule has 3 aromatic rings. The summed E-state index contributed by atoms with van der Waals surface area (Å²) < 4.78 is 29.7. The largest absolute Gasteiger partial charge is 0.498 e. The van der Waals surface area contributed by atoms with Gasteiger partial charge in [-0.3, -0.25) is 4.79 Å².